The second-order valence-corrected chi connectivity index (χ2v) is 5.09. The summed E-state index contributed by atoms with van der Waals surface area (Å²) in [6, 6.07) is 4.53. The standard InChI is InChI=1S/C12H11BrN2O3/c1-6-3-8(13)5-9(4-6)15-11(17)7(2)10(16)14-12(15)18/h3-5,7H,1-2H3,(H,14,16,18). The molecular weight excluding hydrogens is 300 g/mol. The monoisotopic (exact) mass is 310 g/mol. The number of urea groups is 1. The van der Waals surface area contributed by atoms with Crippen LogP contribution in [-0.2, 0) is 9.59 Å². The second kappa shape index (κ2) is 4.53. The van der Waals surface area contributed by atoms with E-state index in [2.05, 4.69) is 21.2 Å². The number of nitrogens with one attached hydrogen (secondary N) is 1. The van der Waals surface area contributed by atoms with Crippen LogP contribution in [0.2, 0.25) is 0 Å². The number of barbiturate groups is 1. The number of nitrogens with zero attached hydrogens (tertiary/aromatic N) is 1. The molecule has 0 radical (unpaired) electrons. The van der Waals surface area contributed by atoms with E-state index in [0.29, 0.717) is 5.69 Å². The Morgan fingerprint density at radius 1 is 1.22 bits per heavy atom. The van der Waals surface area contributed by atoms with Crippen LogP contribution >= 0.6 is 15.9 Å². The van der Waals surface area contributed by atoms with Crippen LogP contribution < -0.4 is 10.2 Å². The van der Waals surface area contributed by atoms with Gasteiger partial charge in [-0.3, -0.25) is 14.9 Å². The maximum atomic E-state index is 12.0. The highest BCUT2D eigenvalue weighted by Crippen LogP contribution is 2.25. The number of halogens is 1. The van der Waals surface area contributed by atoms with E-state index in [1.165, 1.54) is 6.92 Å². The van der Waals surface area contributed by atoms with Crippen molar-refractivity contribution in [3.05, 3.63) is 28.2 Å². The van der Waals surface area contributed by atoms with E-state index >= 15 is 0 Å². The predicted octanol–water partition coefficient (Wildman–Crippen LogP) is 1.98. The van der Waals surface area contributed by atoms with E-state index in [9.17, 15) is 14.4 Å². The highest BCUT2D eigenvalue weighted by Gasteiger charge is 2.38. The molecule has 1 aliphatic rings. The number of imide groups is 2. The molecule has 0 saturated carbocycles. The molecule has 94 valence electrons. The maximum Gasteiger partial charge on any atom is 0.335 e. The van der Waals surface area contributed by atoms with Crippen molar-refractivity contribution < 1.29 is 14.4 Å². The van der Waals surface area contributed by atoms with Gasteiger partial charge in [-0.05, 0) is 37.6 Å². The van der Waals surface area contributed by atoms with Crippen LogP contribution in [0.4, 0.5) is 10.5 Å². The molecule has 18 heavy (non-hydrogen) atoms. The van der Waals surface area contributed by atoms with Crippen LogP contribution in [0.25, 0.3) is 0 Å². The van der Waals surface area contributed by atoms with E-state index < -0.39 is 23.8 Å². The predicted molar refractivity (Wildman–Crippen MR) is 69.1 cm³/mol. The Bertz CT molecular complexity index is 536. The lowest BCUT2D eigenvalue weighted by Crippen LogP contribution is -2.57. The topological polar surface area (TPSA) is 66.5 Å². The lowest BCUT2D eigenvalue weighted by atomic mass is 10.1. The van der Waals surface area contributed by atoms with Crippen molar-refractivity contribution in [2.24, 2.45) is 5.92 Å². The van der Waals surface area contributed by atoms with Gasteiger partial charge in [0, 0.05) is 4.47 Å². The molecule has 1 aromatic rings. The van der Waals surface area contributed by atoms with Crippen molar-refractivity contribution in [2.45, 2.75) is 13.8 Å². The van der Waals surface area contributed by atoms with Gasteiger partial charge >= 0.3 is 6.03 Å². The first-order chi connectivity index (χ1) is 8.40. The van der Waals surface area contributed by atoms with Crippen molar-refractivity contribution in [3.63, 3.8) is 0 Å². The SMILES string of the molecule is Cc1cc(Br)cc(N2C(=O)NC(=O)C(C)C2=O)c1. The average molecular weight is 311 g/mol. The van der Waals surface area contributed by atoms with Crippen molar-refractivity contribution in [1.29, 1.82) is 0 Å². The van der Waals surface area contributed by atoms with Gasteiger partial charge in [0.05, 0.1) is 5.69 Å². The van der Waals surface area contributed by atoms with Crippen molar-refractivity contribution in [3.8, 4) is 0 Å². The fourth-order valence-electron chi connectivity index (χ4n) is 1.77. The molecular formula is C12H11BrN2O3. The molecule has 1 atom stereocenters. The van der Waals surface area contributed by atoms with Crippen LogP contribution in [0.1, 0.15) is 12.5 Å². The van der Waals surface area contributed by atoms with Crippen LogP contribution in [0.3, 0.4) is 0 Å². The van der Waals surface area contributed by atoms with Gasteiger partial charge in [-0.15, -0.1) is 0 Å². The molecule has 1 saturated heterocycles. The first kappa shape index (κ1) is 12.8. The number of aryl methyl sites for hydroxylation is 1. The quantitative estimate of drug-likeness (QED) is 0.807. The molecule has 1 heterocycles. The number of benzene rings is 1. The van der Waals surface area contributed by atoms with Gasteiger partial charge in [-0.25, -0.2) is 9.69 Å². The molecule has 1 fully saturated rings. The smallest absolute Gasteiger partial charge is 0.277 e. The van der Waals surface area contributed by atoms with Gasteiger partial charge < -0.3 is 0 Å². The fraction of sp³-hybridized carbons (Fsp3) is 0.250. The van der Waals surface area contributed by atoms with E-state index in [-0.39, 0.29) is 0 Å². The summed E-state index contributed by atoms with van der Waals surface area (Å²) in [5, 5.41) is 2.16. The number of hydrogen-bond acceptors (Lipinski definition) is 3. The minimum atomic E-state index is -0.859. The summed E-state index contributed by atoms with van der Waals surface area (Å²) in [5.74, 6) is -1.93. The molecule has 1 aliphatic heterocycles. The van der Waals surface area contributed by atoms with Gasteiger partial charge in [0.15, 0.2) is 0 Å². The molecule has 2 rings (SSSR count). The summed E-state index contributed by atoms with van der Waals surface area (Å²) in [6.07, 6.45) is 0. The Labute approximate surface area is 112 Å². The van der Waals surface area contributed by atoms with E-state index in [0.717, 1.165) is 14.9 Å². The molecule has 1 N–H and O–H groups in total. The van der Waals surface area contributed by atoms with Crippen LogP contribution in [0, 0.1) is 12.8 Å². The zero-order valence-electron chi connectivity index (χ0n) is 9.86. The summed E-state index contributed by atoms with van der Waals surface area (Å²) in [6.45, 7) is 3.33. The Balaban J connectivity index is 2.45. The van der Waals surface area contributed by atoms with E-state index in [1.54, 1.807) is 12.1 Å². The van der Waals surface area contributed by atoms with Crippen molar-refractivity contribution in [1.82, 2.24) is 5.32 Å². The largest absolute Gasteiger partial charge is 0.335 e. The lowest BCUT2D eigenvalue weighted by Gasteiger charge is -2.28. The molecule has 0 aliphatic carbocycles. The molecule has 0 spiro atoms. The number of rotatable bonds is 1. The minimum absolute atomic E-state index is 0.448. The highest BCUT2D eigenvalue weighted by molar-refractivity contribution is 9.10. The zero-order chi connectivity index (χ0) is 13.4. The van der Waals surface area contributed by atoms with E-state index in [1.807, 2.05) is 13.0 Å². The molecule has 0 aromatic heterocycles. The fourth-order valence-corrected chi connectivity index (χ4v) is 2.36. The number of hydrogen-bond donors (Lipinski definition) is 1. The third-order valence-electron chi connectivity index (χ3n) is 2.70. The maximum absolute atomic E-state index is 12.0. The lowest BCUT2D eigenvalue weighted by molar-refractivity contribution is -0.133. The van der Waals surface area contributed by atoms with Gasteiger partial charge in [0.1, 0.15) is 5.92 Å². The Morgan fingerprint density at radius 3 is 2.50 bits per heavy atom. The van der Waals surface area contributed by atoms with Crippen LogP contribution in [0.5, 0.6) is 0 Å². The number of carbonyl (C=O) groups excluding carboxylic acids is 3. The first-order valence-electron chi connectivity index (χ1n) is 5.36. The third kappa shape index (κ3) is 2.15. The second-order valence-electron chi connectivity index (χ2n) is 4.18. The van der Waals surface area contributed by atoms with Gasteiger partial charge in [0.2, 0.25) is 11.8 Å². The first-order valence-corrected chi connectivity index (χ1v) is 6.15. The van der Waals surface area contributed by atoms with Crippen molar-refractivity contribution in [2.75, 3.05) is 4.90 Å². The van der Waals surface area contributed by atoms with Gasteiger partial charge in [-0.2, -0.15) is 0 Å². The summed E-state index contributed by atoms with van der Waals surface area (Å²) in [4.78, 5) is 36.1. The zero-order valence-corrected chi connectivity index (χ0v) is 11.4. The Hall–Kier alpha value is -1.69. The molecule has 1 unspecified atom stereocenters. The summed E-state index contributed by atoms with van der Waals surface area (Å²) < 4.78 is 0.766. The number of carbonyl (C=O) groups is 3. The van der Waals surface area contributed by atoms with Crippen LogP contribution in [0.15, 0.2) is 22.7 Å². The Morgan fingerprint density at radius 2 is 1.89 bits per heavy atom. The normalized spacial score (nSPS) is 20.1. The summed E-state index contributed by atoms with van der Waals surface area (Å²) in [7, 11) is 0. The molecule has 0 bridgehead atoms. The highest BCUT2D eigenvalue weighted by atomic mass is 79.9. The minimum Gasteiger partial charge on any atom is -0.277 e. The molecule has 4 amide bonds. The molecule has 1 aromatic carbocycles. The van der Waals surface area contributed by atoms with Crippen LogP contribution in [-0.4, -0.2) is 17.8 Å². The molecule has 6 heteroatoms. The van der Waals surface area contributed by atoms with Gasteiger partial charge in [0.25, 0.3) is 0 Å². The van der Waals surface area contributed by atoms with E-state index in [4.69, 9.17) is 0 Å². The number of amides is 4. The average Bonchev–Trinajstić information content (AvgIpc) is 2.24. The molecule has 5 nitrogen and oxygen atoms in total. The summed E-state index contributed by atoms with van der Waals surface area (Å²) in [5.41, 5.74) is 1.35. The van der Waals surface area contributed by atoms with Crippen molar-refractivity contribution >= 4 is 39.5 Å². The van der Waals surface area contributed by atoms with Gasteiger partial charge in [-0.1, -0.05) is 15.9 Å². The Kier molecular flexibility index (Phi) is 3.21. The third-order valence-corrected chi connectivity index (χ3v) is 3.16. The number of anilines is 1. The summed E-state index contributed by atoms with van der Waals surface area (Å²) >= 11 is 3.31.